The van der Waals surface area contributed by atoms with Crippen LogP contribution in [0.5, 0.6) is 0 Å². The van der Waals surface area contributed by atoms with E-state index in [1.54, 1.807) is 0 Å². The fraction of sp³-hybridized carbons (Fsp3) is 0.312. The van der Waals surface area contributed by atoms with Crippen LogP contribution in [-0.2, 0) is 0 Å². The molecule has 0 bridgehead atoms. The summed E-state index contributed by atoms with van der Waals surface area (Å²) < 4.78 is 1.17. The SMILES string of the molecule is Cc1ncccc1NC1CC(c2cccc(Br)c2)C1. The van der Waals surface area contributed by atoms with Crippen LogP contribution >= 0.6 is 15.9 Å². The van der Waals surface area contributed by atoms with Crippen LogP contribution < -0.4 is 5.32 Å². The highest BCUT2D eigenvalue weighted by molar-refractivity contribution is 9.10. The molecule has 3 rings (SSSR count). The zero-order valence-electron chi connectivity index (χ0n) is 10.9. The van der Waals surface area contributed by atoms with Crippen LogP contribution in [0.1, 0.15) is 30.0 Å². The molecule has 0 atom stereocenters. The average Bonchev–Trinajstić information content (AvgIpc) is 2.35. The molecule has 1 saturated carbocycles. The van der Waals surface area contributed by atoms with Crippen LogP contribution in [0.3, 0.4) is 0 Å². The number of rotatable bonds is 3. The lowest BCUT2D eigenvalue weighted by molar-refractivity contribution is 0.374. The van der Waals surface area contributed by atoms with Gasteiger partial charge in [-0.05, 0) is 55.5 Å². The number of aryl methyl sites for hydroxylation is 1. The molecule has 0 aliphatic heterocycles. The predicted octanol–water partition coefficient (Wildman–Crippen LogP) is 4.51. The quantitative estimate of drug-likeness (QED) is 0.901. The van der Waals surface area contributed by atoms with Gasteiger partial charge in [-0.15, -0.1) is 0 Å². The molecule has 0 radical (unpaired) electrons. The normalized spacial score (nSPS) is 21.8. The van der Waals surface area contributed by atoms with Gasteiger partial charge in [0.15, 0.2) is 0 Å². The maximum absolute atomic E-state index is 4.31. The second-order valence-electron chi connectivity index (χ2n) is 5.20. The molecule has 0 saturated heterocycles. The van der Waals surface area contributed by atoms with Crippen molar-refractivity contribution < 1.29 is 0 Å². The smallest absolute Gasteiger partial charge is 0.0603 e. The van der Waals surface area contributed by atoms with Gasteiger partial charge >= 0.3 is 0 Å². The second-order valence-corrected chi connectivity index (χ2v) is 6.12. The van der Waals surface area contributed by atoms with Gasteiger partial charge in [0.2, 0.25) is 0 Å². The molecule has 2 aromatic rings. The van der Waals surface area contributed by atoms with Crippen molar-refractivity contribution in [1.29, 1.82) is 0 Å². The first-order chi connectivity index (χ1) is 9.22. The van der Waals surface area contributed by atoms with Crippen molar-refractivity contribution in [2.24, 2.45) is 0 Å². The second kappa shape index (κ2) is 5.33. The summed E-state index contributed by atoms with van der Waals surface area (Å²) in [6.45, 7) is 2.05. The number of pyridine rings is 1. The molecule has 1 aromatic carbocycles. The lowest BCUT2D eigenvalue weighted by Gasteiger charge is -2.37. The molecule has 98 valence electrons. The van der Waals surface area contributed by atoms with Crippen molar-refractivity contribution in [2.75, 3.05) is 5.32 Å². The Morgan fingerprint density at radius 1 is 1.21 bits per heavy atom. The molecule has 2 nitrogen and oxygen atoms in total. The zero-order chi connectivity index (χ0) is 13.2. The number of aromatic nitrogens is 1. The number of benzene rings is 1. The third kappa shape index (κ3) is 2.81. The Hall–Kier alpha value is -1.35. The van der Waals surface area contributed by atoms with E-state index in [2.05, 4.69) is 56.6 Å². The Kier molecular flexibility index (Phi) is 3.56. The van der Waals surface area contributed by atoms with Gasteiger partial charge in [-0.1, -0.05) is 28.1 Å². The fourth-order valence-electron chi connectivity index (χ4n) is 2.63. The van der Waals surface area contributed by atoms with E-state index >= 15 is 0 Å². The van der Waals surface area contributed by atoms with E-state index in [9.17, 15) is 0 Å². The summed E-state index contributed by atoms with van der Waals surface area (Å²) in [5.74, 6) is 0.687. The Morgan fingerprint density at radius 3 is 2.79 bits per heavy atom. The minimum Gasteiger partial charge on any atom is -0.381 e. The van der Waals surface area contributed by atoms with E-state index in [0.29, 0.717) is 12.0 Å². The zero-order valence-corrected chi connectivity index (χ0v) is 12.5. The number of hydrogen-bond acceptors (Lipinski definition) is 2. The van der Waals surface area contributed by atoms with Gasteiger partial charge in [0.25, 0.3) is 0 Å². The maximum atomic E-state index is 4.31. The lowest BCUT2D eigenvalue weighted by atomic mass is 9.76. The molecule has 0 amide bonds. The molecule has 1 heterocycles. The number of hydrogen-bond donors (Lipinski definition) is 1. The summed E-state index contributed by atoms with van der Waals surface area (Å²) in [5.41, 5.74) is 3.68. The number of nitrogens with zero attached hydrogens (tertiary/aromatic N) is 1. The predicted molar refractivity (Wildman–Crippen MR) is 82.5 cm³/mol. The molecule has 19 heavy (non-hydrogen) atoms. The summed E-state index contributed by atoms with van der Waals surface area (Å²) in [7, 11) is 0. The van der Waals surface area contributed by atoms with Crippen LogP contribution in [0, 0.1) is 6.92 Å². The lowest BCUT2D eigenvalue weighted by Crippen LogP contribution is -2.34. The summed E-state index contributed by atoms with van der Waals surface area (Å²) in [4.78, 5) is 4.31. The van der Waals surface area contributed by atoms with E-state index < -0.39 is 0 Å². The van der Waals surface area contributed by atoms with Gasteiger partial charge in [0.1, 0.15) is 0 Å². The third-order valence-electron chi connectivity index (χ3n) is 3.82. The molecule has 0 unspecified atom stereocenters. The first-order valence-corrected chi connectivity index (χ1v) is 7.45. The molecule has 0 spiro atoms. The minimum absolute atomic E-state index is 0.576. The fourth-order valence-corrected chi connectivity index (χ4v) is 3.04. The van der Waals surface area contributed by atoms with Crippen LogP contribution in [0.2, 0.25) is 0 Å². The van der Waals surface area contributed by atoms with Gasteiger partial charge in [-0.2, -0.15) is 0 Å². The molecule has 3 heteroatoms. The minimum atomic E-state index is 0.576. The first-order valence-electron chi connectivity index (χ1n) is 6.66. The van der Waals surface area contributed by atoms with Gasteiger partial charge < -0.3 is 5.32 Å². The molecule has 1 fully saturated rings. The number of halogens is 1. The average molecular weight is 317 g/mol. The highest BCUT2D eigenvalue weighted by Gasteiger charge is 2.30. The van der Waals surface area contributed by atoms with Gasteiger partial charge in [-0.3, -0.25) is 4.98 Å². The molecule has 1 aromatic heterocycles. The highest BCUT2D eigenvalue weighted by atomic mass is 79.9. The van der Waals surface area contributed by atoms with Crippen LogP contribution in [0.25, 0.3) is 0 Å². The molecule has 1 aliphatic carbocycles. The molecular weight excluding hydrogens is 300 g/mol. The Morgan fingerprint density at radius 2 is 2.05 bits per heavy atom. The topological polar surface area (TPSA) is 24.9 Å². The van der Waals surface area contributed by atoms with Gasteiger partial charge in [-0.25, -0.2) is 0 Å². The largest absolute Gasteiger partial charge is 0.381 e. The summed E-state index contributed by atoms with van der Waals surface area (Å²) in [6, 6.07) is 13.3. The van der Waals surface area contributed by atoms with Crippen molar-refractivity contribution in [2.45, 2.75) is 31.7 Å². The Bertz CT molecular complexity index is 576. The van der Waals surface area contributed by atoms with E-state index in [0.717, 1.165) is 5.69 Å². The molecular formula is C16H17BrN2. The third-order valence-corrected chi connectivity index (χ3v) is 4.32. The summed E-state index contributed by atoms with van der Waals surface area (Å²) in [6.07, 6.45) is 4.24. The highest BCUT2D eigenvalue weighted by Crippen LogP contribution is 2.39. The Labute approximate surface area is 122 Å². The van der Waals surface area contributed by atoms with Gasteiger partial charge in [0.05, 0.1) is 11.4 Å². The van der Waals surface area contributed by atoms with Crippen molar-refractivity contribution in [1.82, 2.24) is 4.98 Å². The van der Waals surface area contributed by atoms with Gasteiger partial charge in [0, 0.05) is 16.7 Å². The molecule has 1 aliphatic rings. The standard InChI is InChI=1S/C16H17BrN2/c1-11-16(6-3-7-18-11)19-15-9-13(10-15)12-4-2-5-14(17)8-12/h2-8,13,15,19H,9-10H2,1H3. The Balaban J connectivity index is 1.60. The monoisotopic (exact) mass is 316 g/mol. The number of anilines is 1. The van der Waals surface area contributed by atoms with E-state index in [4.69, 9.17) is 0 Å². The van der Waals surface area contributed by atoms with Crippen LogP contribution in [0.4, 0.5) is 5.69 Å². The maximum Gasteiger partial charge on any atom is 0.0603 e. The number of nitrogens with one attached hydrogen (secondary N) is 1. The van der Waals surface area contributed by atoms with Crippen LogP contribution in [-0.4, -0.2) is 11.0 Å². The van der Waals surface area contributed by atoms with E-state index in [1.807, 2.05) is 19.2 Å². The van der Waals surface area contributed by atoms with Crippen LogP contribution in [0.15, 0.2) is 47.1 Å². The van der Waals surface area contributed by atoms with Crippen molar-refractivity contribution >= 4 is 21.6 Å². The van der Waals surface area contributed by atoms with Crippen molar-refractivity contribution in [3.63, 3.8) is 0 Å². The first kappa shape index (κ1) is 12.7. The molecule has 1 N–H and O–H groups in total. The van der Waals surface area contributed by atoms with Crippen molar-refractivity contribution in [3.8, 4) is 0 Å². The van der Waals surface area contributed by atoms with E-state index in [-0.39, 0.29) is 0 Å². The summed E-state index contributed by atoms with van der Waals surface area (Å²) >= 11 is 3.54. The summed E-state index contributed by atoms with van der Waals surface area (Å²) in [5, 5.41) is 3.59. The van der Waals surface area contributed by atoms with Crippen molar-refractivity contribution in [3.05, 3.63) is 58.3 Å². The van der Waals surface area contributed by atoms with E-state index in [1.165, 1.54) is 28.6 Å².